The van der Waals surface area contributed by atoms with Crippen molar-refractivity contribution in [3.63, 3.8) is 0 Å². The Hall–Kier alpha value is -3.13. The van der Waals surface area contributed by atoms with Gasteiger partial charge in [0.05, 0.1) is 5.69 Å². The Morgan fingerprint density at radius 1 is 1.17 bits per heavy atom. The molecule has 2 aliphatic heterocycles. The van der Waals surface area contributed by atoms with Crippen molar-refractivity contribution in [2.24, 2.45) is 0 Å². The van der Waals surface area contributed by atoms with Gasteiger partial charge in [-0.3, -0.25) is 4.79 Å². The number of hydrogen-bond donors (Lipinski definition) is 1. The number of rotatable bonds is 0. The molecule has 150 valence electrons. The lowest BCUT2D eigenvalue weighted by Gasteiger charge is -2.35. The number of fused-ring (bicyclic) bond motifs is 2. The van der Waals surface area contributed by atoms with E-state index >= 15 is 0 Å². The maximum absolute atomic E-state index is 12.7. The number of para-hydroxylation sites is 2. The Morgan fingerprint density at radius 3 is 2.66 bits per heavy atom. The lowest BCUT2D eigenvalue weighted by Crippen LogP contribution is -2.43. The first-order valence-electron chi connectivity index (χ1n) is 9.78. The van der Waals surface area contributed by atoms with Crippen LogP contribution in [0.2, 0.25) is 0 Å². The highest BCUT2D eigenvalue weighted by atomic mass is 16.5. The lowest BCUT2D eigenvalue weighted by atomic mass is 9.87. The molecule has 2 heterocycles. The SMILES string of the molecule is Cc1c(C)c2c(c(C)c1O)CCC(C)(C#CC1Oc3ccccc3N(C)C1=O)O2. The van der Waals surface area contributed by atoms with Gasteiger partial charge in [0, 0.05) is 19.0 Å². The molecule has 0 bridgehead atoms. The number of likely N-dealkylation sites (N-methyl/N-ethyl adjacent to an activating group) is 1. The smallest absolute Gasteiger partial charge is 0.280 e. The Labute approximate surface area is 171 Å². The molecule has 2 aromatic carbocycles. The summed E-state index contributed by atoms with van der Waals surface area (Å²) in [6.45, 7) is 7.69. The average Bonchev–Trinajstić information content (AvgIpc) is 2.72. The van der Waals surface area contributed by atoms with E-state index in [1.807, 2.05) is 52.0 Å². The Bertz CT molecular complexity index is 1080. The fourth-order valence-corrected chi connectivity index (χ4v) is 3.95. The summed E-state index contributed by atoms with van der Waals surface area (Å²) in [6, 6.07) is 7.43. The summed E-state index contributed by atoms with van der Waals surface area (Å²) in [7, 11) is 1.73. The number of ether oxygens (including phenoxy) is 2. The zero-order chi connectivity index (χ0) is 20.9. The van der Waals surface area contributed by atoms with Crippen LogP contribution in [0.25, 0.3) is 0 Å². The van der Waals surface area contributed by atoms with E-state index in [-0.39, 0.29) is 5.91 Å². The molecule has 5 heteroatoms. The molecule has 2 aromatic rings. The molecule has 2 unspecified atom stereocenters. The zero-order valence-corrected chi connectivity index (χ0v) is 17.4. The van der Waals surface area contributed by atoms with E-state index in [1.165, 1.54) is 0 Å². The highest BCUT2D eigenvalue weighted by Crippen LogP contribution is 2.43. The van der Waals surface area contributed by atoms with Gasteiger partial charge in [0.1, 0.15) is 17.2 Å². The molecule has 1 amide bonds. The standard InChI is InChI=1S/C24H25NO4/c1-14-15(2)22-17(16(3)21(14)26)10-12-24(4,29-22)13-11-20-23(27)25(5)18-8-6-7-9-19(18)28-20/h6-9,20,26H,10,12H2,1-5H3. The minimum Gasteiger partial charge on any atom is -0.507 e. The number of carbonyl (C=O) groups is 1. The van der Waals surface area contributed by atoms with Gasteiger partial charge in [0.15, 0.2) is 5.60 Å². The molecule has 29 heavy (non-hydrogen) atoms. The summed E-state index contributed by atoms with van der Waals surface area (Å²) >= 11 is 0. The Balaban J connectivity index is 1.64. The highest BCUT2D eigenvalue weighted by Gasteiger charge is 2.35. The number of anilines is 1. The third-order valence-corrected chi connectivity index (χ3v) is 6.01. The third kappa shape index (κ3) is 3.09. The zero-order valence-electron chi connectivity index (χ0n) is 17.4. The first-order valence-corrected chi connectivity index (χ1v) is 9.78. The molecule has 0 radical (unpaired) electrons. The predicted molar refractivity (Wildman–Crippen MR) is 112 cm³/mol. The molecule has 0 fully saturated rings. The molecule has 1 N–H and O–H groups in total. The summed E-state index contributed by atoms with van der Waals surface area (Å²) in [4.78, 5) is 14.3. The van der Waals surface area contributed by atoms with Crippen molar-refractivity contribution in [1.82, 2.24) is 0 Å². The highest BCUT2D eigenvalue weighted by molar-refractivity contribution is 6.01. The van der Waals surface area contributed by atoms with E-state index in [0.29, 0.717) is 17.9 Å². The van der Waals surface area contributed by atoms with Crippen molar-refractivity contribution in [1.29, 1.82) is 0 Å². The fourth-order valence-electron chi connectivity index (χ4n) is 3.95. The van der Waals surface area contributed by atoms with Crippen molar-refractivity contribution in [2.45, 2.75) is 52.2 Å². The molecule has 0 saturated heterocycles. The number of carbonyl (C=O) groups excluding carboxylic acids is 1. The number of aromatic hydroxyl groups is 1. The van der Waals surface area contributed by atoms with Gasteiger partial charge in [0.25, 0.3) is 5.91 Å². The van der Waals surface area contributed by atoms with Crippen LogP contribution >= 0.6 is 0 Å². The third-order valence-electron chi connectivity index (χ3n) is 6.01. The lowest BCUT2D eigenvalue weighted by molar-refractivity contribution is -0.123. The number of nitrogens with zero attached hydrogens (tertiary/aromatic N) is 1. The number of benzene rings is 2. The van der Waals surface area contributed by atoms with Crippen molar-refractivity contribution >= 4 is 11.6 Å². The van der Waals surface area contributed by atoms with Crippen LogP contribution in [-0.2, 0) is 11.2 Å². The largest absolute Gasteiger partial charge is 0.507 e. The molecular weight excluding hydrogens is 366 g/mol. The second-order valence-electron chi connectivity index (χ2n) is 8.00. The number of phenolic OH excluding ortho intramolecular Hbond substituents is 1. The van der Waals surface area contributed by atoms with Crippen molar-refractivity contribution < 1.29 is 19.4 Å². The first kappa shape index (κ1) is 19.2. The van der Waals surface area contributed by atoms with Crippen LogP contribution < -0.4 is 14.4 Å². The topological polar surface area (TPSA) is 59.0 Å². The van der Waals surface area contributed by atoms with Crippen LogP contribution in [0, 0.1) is 32.6 Å². The monoisotopic (exact) mass is 391 g/mol. The van der Waals surface area contributed by atoms with Gasteiger partial charge in [-0.15, -0.1) is 0 Å². The molecule has 5 nitrogen and oxygen atoms in total. The van der Waals surface area contributed by atoms with Crippen molar-refractivity contribution in [2.75, 3.05) is 11.9 Å². The fraction of sp³-hybridized carbons (Fsp3) is 0.375. The van der Waals surface area contributed by atoms with Crippen molar-refractivity contribution in [3.05, 3.63) is 46.5 Å². The minimum absolute atomic E-state index is 0.191. The Morgan fingerprint density at radius 2 is 1.90 bits per heavy atom. The van der Waals surface area contributed by atoms with Gasteiger partial charge >= 0.3 is 0 Å². The van der Waals surface area contributed by atoms with Gasteiger partial charge in [-0.25, -0.2) is 0 Å². The summed E-state index contributed by atoms with van der Waals surface area (Å²) in [5, 5.41) is 10.3. The summed E-state index contributed by atoms with van der Waals surface area (Å²) in [6.07, 6.45) is 0.563. The minimum atomic E-state index is -0.860. The van der Waals surface area contributed by atoms with E-state index < -0.39 is 11.7 Å². The molecule has 4 rings (SSSR count). The maximum atomic E-state index is 12.7. The van der Waals surface area contributed by atoms with Crippen LogP contribution in [0.5, 0.6) is 17.2 Å². The second-order valence-corrected chi connectivity index (χ2v) is 8.00. The van der Waals surface area contributed by atoms with Crippen LogP contribution in [0.4, 0.5) is 5.69 Å². The van der Waals surface area contributed by atoms with Gasteiger partial charge < -0.3 is 19.5 Å². The Kier molecular flexibility index (Phi) is 4.46. The van der Waals surface area contributed by atoms with Crippen LogP contribution in [0.15, 0.2) is 24.3 Å². The predicted octanol–water partition coefficient (Wildman–Crippen LogP) is 3.83. The van der Waals surface area contributed by atoms with Gasteiger partial charge in [0.2, 0.25) is 6.10 Å². The van der Waals surface area contributed by atoms with Gasteiger partial charge in [-0.05, 0) is 68.9 Å². The number of hydrogen-bond acceptors (Lipinski definition) is 4. The molecular formula is C24H25NO4. The van der Waals surface area contributed by atoms with E-state index in [1.54, 1.807) is 11.9 Å². The first-order chi connectivity index (χ1) is 13.7. The van der Waals surface area contributed by atoms with Gasteiger partial charge in [-0.2, -0.15) is 0 Å². The molecule has 0 saturated carbocycles. The molecule has 2 atom stereocenters. The van der Waals surface area contributed by atoms with Crippen molar-refractivity contribution in [3.8, 4) is 29.1 Å². The van der Waals surface area contributed by atoms with Gasteiger partial charge in [-0.1, -0.05) is 18.1 Å². The van der Waals surface area contributed by atoms with E-state index in [0.717, 1.165) is 40.1 Å². The quantitative estimate of drug-likeness (QED) is 0.694. The summed E-state index contributed by atoms with van der Waals surface area (Å²) in [5.41, 5.74) is 3.65. The average molecular weight is 391 g/mol. The molecule has 0 aromatic heterocycles. The van der Waals surface area contributed by atoms with E-state index in [4.69, 9.17) is 9.47 Å². The summed E-state index contributed by atoms with van der Waals surface area (Å²) < 4.78 is 12.2. The molecule has 0 spiro atoms. The van der Waals surface area contributed by atoms with E-state index in [9.17, 15) is 9.90 Å². The normalized spacial score (nSPS) is 22.6. The molecule has 2 aliphatic rings. The van der Waals surface area contributed by atoms with Crippen LogP contribution in [0.1, 0.15) is 35.6 Å². The van der Waals surface area contributed by atoms with Crippen LogP contribution in [-0.4, -0.2) is 29.8 Å². The number of phenols is 1. The molecule has 0 aliphatic carbocycles. The number of amides is 1. The maximum Gasteiger partial charge on any atom is 0.280 e. The van der Waals surface area contributed by atoms with E-state index in [2.05, 4.69) is 11.8 Å². The second kappa shape index (κ2) is 6.73. The van der Waals surface area contributed by atoms with Crippen LogP contribution in [0.3, 0.4) is 0 Å². The summed E-state index contributed by atoms with van der Waals surface area (Å²) in [5.74, 6) is 7.75.